The fraction of sp³-hybridized carbons (Fsp3) is 0.400. The van der Waals surface area contributed by atoms with Crippen LogP contribution in [0.15, 0.2) is 53.1 Å². The summed E-state index contributed by atoms with van der Waals surface area (Å²) in [7, 11) is 7.53. The van der Waals surface area contributed by atoms with E-state index in [0.29, 0.717) is 40.0 Å². The molecule has 40 heavy (non-hydrogen) atoms. The third-order valence-electron chi connectivity index (χ3n) is 7.06. The summed E-state index contributed by atoms with van der Waals surface area (Å²) in [5.41, 5.74) is 0.856. The second-order valence-corrected chi connectivity index (χ2v) is 9.40. The first-order valence-electron chi connectivity index (χ1n) is 13.1. The van der Waals surface area contributed by atoms with Gasteiger partial charge in [-0.15, -0.1) is 0 Å². The lowest BCUT2D eigenvalue weighted by molar-refractivity contribution is -0.123. The van der Waals surface area contributed by atoms with Gasteiger partial charge in [0.05, 0.1) is 41.8 Å². The van der Waals surface area contributed by atoms with Crippen molar-refractivity contribution in [2.24, 2.45) is 0 Å². The molecule has 0 radical (unpaired) electrons. The van der Waals surface area contributed by atoms with Crippen molar-refractivity contribution in [3.8, 4) is 28.7 Å². The van der Waals surface area contributed by atoms with Crippen LogP contribution >= 0.6 is 0 Å². The van der Waals surface area contributed by atoms with Crippen LogP contribution in [0.4, 0.5) is 5.69 Å². The topological polar surface area (TPSA) is 109 Å². The first kappa shape index (κ1) is 28.7. The molecule has 214 valence electrons. The minimum Gasteiger partial charge on any atom is -0.493 e. The van der Waals surface area contributed by atoms with Gasteiger partial charge in [-0.3, -0.25) is 14.5 Å². The molecule has 1 heterocycles. The highest BCUT2D eigenvalue weighted by atomic mass is 16.5. The third kappa shape index (κ3) is 5.95. The Balaban J connectivity index is 1.93. The van der Waals surface area contributed by atoms with Gasteiger partial charge in [-0.1, -0.05) is 19.3 Å². The Morgan fingerprint density at radius 3 is 2.02 bits per heavy atom. The molecule has 1 unspecified atom stereocenters. The van der Waals surface area contributed by atoms with Crippen molar-refractivity contribution in [2.45, 2.75) is 44.2 Å². The number of methoxy groups -OCH3 is 5. The summed E-state index contributed by atoms with van der Waals surface area (Å²) >= 11 is 0. The average molecular weight is 553 g/mol. The molecule has 2 aromatic carbocycles. The molecule has 1 aromatic heterocycles. The van der Waals surface area contributed by atoms with Crippen molar-refractivity contribution in [1.82, 2.24) is 5.32 Å². The molecule has 3 aromatic rings. The van der Waals surface area contributed by atoms with E-state index in [1.54, 1.807) is 42.5 Å². The molecule has 10 heteroatoms. The van der Waals surface area contributed by atoms with E-state index in [-0.39, 0.29) is 17.7 Å². The zero-order valence-corrected chi connectivity index (χ0v) is 23.5. The number of nitrogens with one attached hydrogen (secondary N) is 1. The van der Waals surface area contributed by atoms with E-state index in [4.69, 9.17) is 28.1 Å². The van der Waals surface area contributed by atoms with E-state index in [1.165, 1.54) is 46.7 Å². The SMILES string of the molecule is COc1ccc(N(C(=O)c2ccco2)C(C(=O)NC2CCCCC2)c2cc(OC)c(OC)c(OC)c2)cc1OC. The van der Waals surface area contributed by atoms with E-state index in [2.05, 4.69) is 5.32 Å². The van der Waals surface area contributed by atoms with E-state index in [0.717, 1.165) is 32.1 Å². The quantitative estimate of drug-likeness (QED) is 0.348. The first-order valence-corrected chi connectivity index (χ1v) is 13.1. The van der Waals surface area contributed by atoms with Crippen LogP contribution in [0.5, 0.6) is 28.7 Å². The number of amides is 2. The van der Waals surface area contributed by atoms with Crippen molar-refractivity contribution in [2.75, 3.05) is 40.4 Å². The lowest BCUT2D eigenvalue weighted by Crippen LogP contribution is -2.47. The number of rotatable bonds is 11. The van der Waals surface area contributed by atoms with Gasteiger partial charge in [0.2, 0.25) is 11.7 Å². The normalized spacial score (nSPS) is 14.1. The Kier molecular flexibility index (Phi) is 9.42. The fourth-order valence-electron chi connectivity index (χ4n) is 5.08. The third-order valence-corrected chi connectivity index (χ3v) is 7.06. The second kappa shape index (κ2) is 13.1. The Hall–Kier alpha value is -4.34. The molecule has 1 fully saturated rings. The Morgan fingerprint density at radius 2 is 1.48 bits per heavy atom. The summed E-state index contributed by atoms with van der Waals surface area (Å²) in [5, 5.41) is 3.19. The summed E-state index contributed by atoms with van der Waals surface area (Å²) in [6.07, 6.45) is 6.36. The first-order chi connectivity index (χ1) is 19.4. The summed E-state index contributed by atoms with van der Waals surface area (Å²) in [6.45, 7) is 0. The summed E-state index contributed by atoms with van der Waals surface area (Å²) < 4.78 is 33.1. The molecular weight excluding hydrogens is 516 g/mol. The minimum absolute atomic E-state index is 0.00300. The maximum absolute atomic E-state index is 14.2. The average Bonchev–Trinajstić information content (AvgIpc) is 3.54. The Labute approximate surface area is 234 Å². The number of carbonyl (C=O) groups is 2. The number of nitrogens with zero attached hydrogens (tertiary/aromatic N) is 1. The van der Waals surface area contributed by atoms with Crippen LogP contribution in [0.1, 0.15) is 54.3 Å². The van der Waals surface area contributed by atoms with Crippen LogP contribution in [0.25, 0.3) is 0 Å². The van der Waals surface area contributed by atoms with E-state index in [9.17, 15) is 9.59 Å². The van der Waals surface area contributed by atoms with Crippen molar-refractivity contribution >= 4 is 17.5 Å². The molecule has 0 aliphatic heterocycles. The monoisotopic (exact) mass is 552 g/mol. The Morgan fingerprint density at radius 1 is 0.825 bits per heavy atom. The van der Waals surface area contributed by atoms with Gasteiger partial charge in [-0.25, -0.2) is 0 Å². The molecule has 1 saturated carbocycles. The summed E-state index contributed by atoms with van der Waals surface area (Å²) in [4.78, 5) is 29.7. The van der Waals surface area contributed by atoms with Crippen molar-refractivity contribution in [3.05, 3.63) is 60.1 Å². The van der Waals surface area contributed by atoms with Gasteiger partial charge in [-0.05, 0) is 54.8 Å². The van der Waals surface area contributed by atoms with Gasteiger partial charge < -0.3 is 33.4 Å². The van der Waals surface area contributed by atoms with E-state index < -0.39 is 11.9 Å². The lowest BCUT2D eigenvalue weighted by atomic mass is 9.94. The number of hydrogen-bond donors (Lipinski definition) is 1. The number of carbonyl (C=O) groups excluding carboxylic acids is 2. The molecular formula is C30H36N2O8. The van der Waals surface area contributed by atoms with Gasteiger partial charge in [0.15, 0.2) is 28.8 Å². The standard InChI is InChI=1S/C30H36N2O8/c1-35-22-14-13-21(18-24(22)36-2)32(30(34)23-12-9-15-40-23)27(29(33)31-20-10-7-6-8-11-20)19-16-25(37-3)28(39-5)26(17-19)38-4/h9,12-18,20,27H,6-8,10-11H2,1-5H3,(H,31,33). The predicted octanol–water partition coefficient (Wildman–Crippen LogP) is 5.16. The molecule has 0 bridgehead atoms. The highest BCUT2D eigenvalue weighted by Crippen LogP contribution is 2.43. The zero-order valence-electron chi connectivity index (χ0n) is 23.5. The number of benzene rings is 2. The molecule has 1 atom stereocenters. The minimum atomic E-state index is -1.13. The number of ether oxygens (including phenoxy) is 5. The molecule has 1 N–H and O–H groups in total. The van der Waals surface area contributed by atoms with Gasteiger partial charge in [0.1, 0.15) is 6.04 Å². The zero-order chi connectivity index (χ0) is 28.6. The van der Waals surface area contributed by atoms with Crippen LogP contribution in [0, 0.1) is 0 Å². The van der Waals surface area contributed by atoms with Crippen molar-refractivity contribution in [1.29, 1.82) is 0 Å². The number of furan rings is 1. The summed E-state index contributed by atoms with van der Waals surface area (Å²) in [5.74, 6) is 1.15. The van der Waals surface area contributed by atoms with Gasteiger partial charge in [-0.2, -0.15) is 0 Å². The second-order valence-electron chi connectivity index (χ2n) is 9.40. The lowest BCUT2D eigenvalue weighted by Gasteiger charge is -2.33. The van der Waals surface area contributed by atoms with Crippen LogP contribution in [-0.2, 0) is 4.79 Å². The van der Waals surface area contributed by atoms with Crippen molar-refractivity contribution < 1.29 is 37.7 Å². The van der Waals surface area contributed by atoms with Gasteiger partial charge >= 0.3 is 0 Å². The predicted molar refractivity (Wildman–Crippen MR) is 149 cm³/mol. The van der Waals surface area contributed by atoms with E-state index in [1.807, 2.05) is 0 Å². The molecule has 1 aliphatic rings. The van der Waals surface area contributed by atoms with Crippen LogP contribution in [0.2, 0.25) is 0 Å². The smallest absolute Gasteiger partial charge is 0.294 e. The van der Waals surface area contributed by atoms with Gasteiger partial charge in [0.25, 0.3) is 5.91 Å². The highest BCUT2D eigenvalue weighted by molar-refractivity contribution is 6.09. The molecule has 10 nitrogen and oxygen atoms in total. The highest BCUT2D eigenvalue weighted by Gasteiger charge is 2.37. The molecule has 2 amide bonds. The summed E-state index contributed by atoms with van der Waals surface area (Å²) in [6, 6.07) is 10.4. The fourth-order valence-corrected chi connectivity index (χ4v) is 5.08. The van der Waals surface area contributed by atoms with Crippen LogP contribution in [0.3, 0.4) is 0 Å². The molecule has 0 spiro atoms. The molecule has 4 rings (SSSR count). The number of hydrogen-bond acceptors (Lipinski definition) is 8. The van der Waals surface area contributed by atoms with Crippen molar-refractivity contribution in [3.63, 3.8) is 0 Å². The molecule has 1 aliphatic carbocycles. The Bertz CT molecular complexity index is 1280. The van der Waals surface area contributed by atoms with E-state index >= 15 is 0 Å². The maximum atomic E-state index is 14.2. The number of anilines is 1. The maximum Gasteiger partial charge on any atom is 0.294 e. The van der Waals surface area contributed by atoms with Gasteiger partial charge in [0, 0.05) is 17.8 Å². The van der Waals surface area contributed by atoms with Crippen LogP contribution in [-0.4, -0.2) is 53.4 Å². The van der Waals surface area contributed by atoms with Crippen LogP contribution < -0.4 is 33.9 Å². The molecule has 0 saturated heterocycles. The largest absolute Gasteiger partial charge is 0.493 e.